The van der Waals surface area contributed by atoms with E-state index in [1.807, 2.05) is 30.2 Å². The maximum absolute atomic E-state index is 13.5. The SMILES string of the molecule is CCc1[nH]nc(C(=O)N(Cc2cccnc2)CC2CCN(C3CCCC3)CC2)c1C. The predicted octanol–water partition coefficient (Wildman–Crippen LogP) is 3.97. The van der Waals surface area contributed by atoms with Gasteiger partial charge in [-0.3, -0.25) is 14.9 Å². The van der Waals surface area contributed by atoms with E-state index in [0.717, 1.165) is 35.8 Å². The standard InChI is InChI=1S/C24H35N5O/c1-3-22-18(2)23(27-26-22)24(30)29(17-20-7-6-12-25-15-20)16-19-10-13-28(14-11-19)21-8-4-5-9-21/h6-7,12,15,19,21H,3-5,8-11,13-14,16-17H2,1-2H3,(H,26,27). The number of H-pyrrole nitrogens is 1. The number of aromatic amines is 1. The first-order chi connectivity index (χ1) is 14.7. The molecule has 1 N–H and O–H groups in total. The Bertz CT molecular complexity index is 819. The van der Waals surface area contributed by atoms with Crippen LogP contribution in [0.2, 0.25) is 0 Å². The van der Waals surface area contributed by atoms with Gasteiger partial charge in [-0.1, -0.05) is 25.8 Å². The molecule has 1 amide bonds. The van der Waals surface area contributed by atoms with Crippen LogP contribution in [-0.4, -0.2) is 56.6 Å². The van der Waals surface area contributed by atoms with Crippen LogP contribution >= 0.6 is 0 Å². The van der Waals surface area contributed by atoms with Crippen molar-refractivity contribution >= 4 is 5.91 Å². The third kappa shape index (κ3) is 4.75. The molecule has 3 heterocycles. The highest BCUT2D eigenvalue weighted by molar-refractivity contribution is 5.93. The Labute approximate surface area is 180 Å². The number of amides is 1. The van der Waals surface area contributed by atoms with Crippen LogP contribution in [0.4, 0.5) is 0 Å². The summed E-state index contributed by atoms with van der Waals surface area (Å²) in [6.45, 7) is 7.80. The number of carbonyl (C=O) groups is 1. The number of rotatable bonds is 7. The lowest BCUT2D eigenvalue weighted by Crippen LogP contribution is -2.43. The quantitative estimate of drug-likeness (QED) is 0.751. The first kappa shape index (κ1) is 21.0. The van der Waals surface area contributed by atoms with Gasteiger partial charge in [-0.2, -0.15) is 5.10 Å². The van der Waals surface area contributed by atoms with Crippen LogP contribution in [0.5, 0.6) is 0 Å². The Balaban J connectivity index is 1.45. The highest BCUT2D eigenvalue weighted by atomic mass is 16.2. The van der Waals surface area contributed by atoms with Gasteiger partial charge in [0.2, 0.25) is 0 Å². The second kappa shape index (κ2) is 9.73. The van der Waals surface area contributed by atoms with Crippen LogP contribution in [0.25, 0.3) is 0 Å². The number of pyridine rings is 1. The summed E-state index contributed by atoms with van der Waals surface area (Å²) in [7, 11) is 0. The maximum atomic E-state index is 13.5. The third-order valence-electron chi connectivity index (χ3n) is 7.02. The molecule has 1 saturated heterocycles. The normalized spacial score (nSPS) is 18.7. The number of piperidine rings is 1. The highest BCUT2D eigenvalue weighted by Gasteiger charge is 2.30. The van der Waals surface area contributed by atoms with Gasteiger partial charge in [-0.15, -0.1) is 0 Å². The fourth-order valence-electron chi connectivity index (χ4n) is 5.15. The summed E-state index contributed by atoms with van der Waals surface area (Å²) in [5, 5.41) is 7.41. The number of nitrogens with one attached hydrogen (secondary N) is 1. The monoisotopic (exact) mass is 409 g/mol. The molecule has 2 aromatic heterocycles. The summed E-state index contributed by atoms with van der Waals surface area (Å²) in [6, 6.07) is 4.79. The highest BCUT2D eigenvalue weighted by Crippen LogP contribution is 2.28. The lowest BCUT2D eigenvalue weighted by molar-refractivity contribution is 0.0644. The average molecular weight is 410 g/mol. The van der Waals surface area contributed by atoms with Gasteiger partial charge in [-0.05, 0) is 69.7 Å². The second-order valence-corrected chi connectivity index (χ2v) is 8.99. The van der Waals surface area contributed by atoms with E-state index in [1.54, 1.807) is 6.20 Å². The zero-order valence-electron chi connectivity index (χ0n) is 18.4. The number of hydrogen-bond donors (Lipinski definition) is 1. The number of likely N-dealkylation sites (tertiary alicyclic amines) is 1. The topological polar surface area (TPSA) is 65.1 Å². The van der Waals surface area contributed by atoms with Crippen molar-refractivity contribution in [1.82, 2.24) is 25.0 Å². The van der Waals surface area contributed by atoms with Crippen molar-refractivity contribution in [3.8, 4) is 0 Å². The first-order valence-corrected chi connectivity index (χ1v) is 11.6. The van der Waals surface area contributed by atoms with Crippen molar-refractivity contribution in [2.24, 2.45) is 5.92 Å². The lowest BCUT2D eigenvalue weighted by atomic mass is 9.94. The van der Waals surface area contributed by atoms with Crippen molar-refractivity contribution in [3.05, 3.63) is 47.0 Å². The Hall–Kier alpha value is -2.21. The second-order valence-electron chi connectivity index (χ2n) is 8.99. The van der Waals surface area contributed by atoms with Crippen LogP contribution in [0.15, 0.2) is 24.5 Å². The van der Waals surface area contributed by atoms with Gasteiger partial charge in [0, 0.05) is 42.8 Å². The molecule has 2 aliphatic rings. The van der Waals surface area contributed by atoms with Crippen LogP contribution in [0.1, 0.15) is 72.8 Å². The molecule has 30 heavy (non-hydrogen) atoms. The largest absolute Gasteiger partial charge is 0.333 e. The zero-order valence-corrected chi connectivity index (χ0v) is 18.4. The van der Waals surface area contributed by atoms with Crippen LogP contribution in [0.3, 0.4) is 0 Å². The van der Waals surface area contributed by atoms with E-state index < -0.39 is 0 Å². The molecule has 1 saturated carbocycles. The number of nitrogens with zero attached hydrogens (tertiary/aromatic N) is 4. The molecule has 1 aliphatic carbocycles. The van der Waals surface area contributed by atoms with Crippen molar-refractivity contribution < 1.29 is 4.79 Å². The fourth-order valence-corrected chi connectivity index (χ4v) is 5.15. The van der Waals surface area contributed by atoms with Crippen LogP contribution in [0, 0.1) is 12.8 Å². The number of carbonyl (C=O) groups excluding carboxylic acids is 1. The molecule has 162 valence electrons. The molecule has 0 bridgehead atoms. The van der Waals surface area contributed by atoms with E-state index >= 15 is 0 Å². The molecule has 0 unspecified atom stereocenters. The minimum absolute atomic E-state index is 0.0329. The number of aromatic nitrogens is 3. The molecule has 1 aliphatic heterocycles. The minimum atomic E-state index is 0.0329. The summed E-state index contributed by atoms with van der Waals surface area (Å²) in [6.07, 6.45) is 12.4. The fraction of sp³-hybridized carbons (Fsp3) is 0.625. The van der Waals surface area contributed by atoms with Gasteiger partial charge < -0.3 is 9.80 Å². The van der Waals surface area contributed by atoms with Gasteiger partial charge in [-0.25, -0.2) is 0 Å². The molecule has 6 heteroatoms. The van der Waals surface area contributed by atoms with Crippen LogP contribution in [-0.2, 0) is 13.0 Å². The molecular weight excluding hydrogens is 374 g/mol. The Morgan fingerprint density at radius 1 is 1.23 bits per heavy atom. The van der Waals surface area contributed by atoms with E-state index in [-0.39, 0.29) is 5.91 Å². The first-order valence-electron chi connectivity index (χ1n) is 11.6. The molecule has 2 aromatic rings. The third-order valence-corrected chi connectivity index (χ3v) is 7.02. The summed E-state index contributed by atoms with van der Waals surface area (Å²) in [5.41, 5.74) is 3.66. The smallest absolute Gasteiger partial charge is 0.274 e. The predicted molar refractivity (Wildman–Crippen MR) is 118 cm³/mol. The molecular formula is C24H35N5O. The van der Waals surface area contributed by atoms with Gasteiger partial charge >= 0.3 is 0 Å². The molecule has 0 aromatic carbocycles. The van der Waals surface area contributed by atoms with Crippen molar-refractivity contribution in [2.75, 3.05) is 19.6 Å². The Kier molecular flexibility index (Phi) is 6.82. The number of hydrogen-bond acceptors (Lipinski definition) is 4. The molecule has 0 radical (unpaired) electrons. The van der Waals surface area contributed by atoms with Crippen LogP contribution < -0.4 is 0 Å². The van der Waals surface area contributed by atoms with E-state index in [4.69, 9.17) is 0 Å². The van der Waals surface area contributed by atoms with Crippen molar-refractivity contribution in [3.63, 3.8) is 0 Å². The summed E-state index contributed by atoms with van der Waals surface area (Å²) in [5.74, 6) is 0.582. The van der Waals surface area contributed by atoms with Gasteiger partial charge in [0.1, 0.15) is 0 Å². The molecule has 2 fully saturated rings. The molecule has 0 spiro atoms. The zero-order chi connectivity index (χ0) is 20.9. The van der Waals surface area contributed by atoms with Crippen molar-refractivity contribution in [1.29, 1.82) is 0 Å². The average Bonchev–Trinajstić information content (AvgIpc) is 3.44. The van der Waals surface area contributed by atoms with E-state index in [2.05, 4.69) is 27.0 Å². The van der Waals surface area contributed by atoms with Crippen molar-refractivity contribution in [2.45, 2.75) is 71.4 Å². The van der Waals surface area contributed by atoms with E-state index in [9.17, 15) is 4.79 Å². The van der Waals surface area contributed by atoms with Gasteiger partial charge in [0.05, 0.1) is 0 Å². The van der Waals surface area contributed by atoms with E-state index in [0.29, 0.717) is 18.2 Å². The Morgan fingerprint density at radius 3 is 2.63 bits per heavy atom. The summed E-state index contributed by atoms with van der Waals surface area (Å²) in [4.78, 5) is 22.4. The molecule has 6 nitrogen and oxygen atoms in total. The maximum Gasteiger partial charge on any atom is 0.274 e. The number of aryl methyl sites for hydroxylation is 1. The van der Waals surface area contributed by atoms with E-state index in [1.165, 1.54) is 51.6 Å². The summed E-state index contributed by atoms with van der Waals surface area (Å²) < 4.78 is 0. The molecule has 0 atom stereocenters. The minimum Gasteiger partial charge on any atom is -0.333 e. The summed E-state index contributed by atoms with van der Waals surface area (Å²) >= 11 is 0. The Morgan fingerprint density at radius 2 is 2.00 bits per heavy atom. The molecule has 4 rings (SSSR count). The lowest BCUT2D eigenvalue weighted by Gasteiger charge is -2.37. The van der Waals surface area contributed by atoms with Gasteiger partial charge in [0.15, 0.2) is 5.69 Å². The van der Waals surface area contributed by atoms with Gasteiger partial charge in [0.25, 0.3) is 5.91 Å².